The molecular formula is C17H19NO3S. The summed E-state index contributed by atoms with van der Waals surface area (Å²) < 4.78 is 11.3. The van der Waals surface area contributed by atoms with E-state index in [0.29, 0.717) is 10.5 Å². The fourth-order valence-electron chi connectivity index (χ4n) is 2.05. The molecule has 2 aromatic carbocycles. The first-order valence-corrected chi connectivity index (χ1v) is 8.45. The van der Waals surface area contributed by atoms with Crippen LogP contribution in [-0.4, -0.2) is 28.0 Å². The number of carbonyl (C=O) groups is 1. The lowest BCUT2D eigenvalue weighted by molar-refractivity contribution is 0.0526. The third-order valence-electron chi connectivity index (χ3n) is 3.44. The van der Waals surface area contributed by atoms with Gasteiger partial charge < -0.3 is 10.4 Å². The Labute approximate surface area is 132 Å². The lowest BCUT2D eigenvalue weighted by atomic mass is 9.96. The Balaban J connectivity index is 2.02. The lowest BCUT2D eigenvalue weighted by Crippen LogP contribution is -2.38. The number of carbonyl (C=O) groups excluding carboxylic acids is 1. The maximum absolute atomic E-state index is 12.1. The van der Waals surface area contributed by atoms with Crippen LogP contribution < -0.4 is 5.32 Å². The van der Waals surface area contributed by atoms with E-state index in [4.69, 9.17) is 0 Å². The van der Waals surface area contributed by atoms with Crippen molar-refractivity contribution < 1.29 is 14.1 Å². The van der Waals surface area contributed by atoms with E-state index in [1.807, 2.05) is 30.3 Å². The number of benzene rings is 2. The van der Waals surface area contributed by atoms with Gasteiger partial charge >= 0.3 is 0 Å². The van der Waals surface area contributed by atoms with Crippen LogP contribution >= 0.6 is 0 Å². The zero-order valence-electron chi connectivity index (χ0n) is 12.6. The first-order chi connectivity index (χ1) is 10.4. The Hall–Kier alpha value is -1.98. The summed E-state index contributed by atoms with van der Waals surface area (Å²) in [6.45, 7) is 1.77. The first kappa shape index (κ1) is 16.4. The molecule has 0 aliphatic rings. The van der Waals surface area contributed by atoms with Gasteiger partial charge in [-0.2, -0.15) is 0 Å². The maximum Gasteiger partial charge on any atom is 0.251 e. The lowest BCUT2D eigenvalue weighted by Gasteiger charge is -2.24. The van der Waals surface area contributed by atoms with E-state index in [1.165, 1.54) is 0 Å². The molecule has 0 bridgehead atoms. The van der Waals surface area contributed by atoms with Gasteiger partial charge in [0.1, 0.15) is 5.60 Å². The van der Waals surface area contributed by atoms with Crippen LogP contribution in [0.4, 0.5) is 0 Å². The normalized spacial score (nSPS) is 14.9. The van der Waals surface area contributed by atoms with Gasteiger partial charge in [0.2, 0.25) is 0 Å². The van der Waals surface area contributed by atoms with E-state index in [2.05, 4.69) is 5.32 Å². The number of nitrogens with one attached hydrogen (secondary N) is 1. The molecule has 4 nitrogen and oxygen atoms in total. The van der Waals surface area contributed by atoms with Gasteiger partial charge in [-0.05, 0) is 36.8 Å². The van der Waals surface area contributed by atoms with Crippen molar-refractivity contribution >= 4 is 16.7 Å². The van der Waals surface area contributed by atoms with Gasteiger partial charge in [-0.1, -0.05) is 30.3 Å². The minimum absolute atomic E-state index is 0.108. The molecule has 22 heavy (non-hydrogen) atoms. The van der Waals surface area contributed by atoms with Crippen molar-refractivity contribution in [3.05, 3.63) is 65.7 Å². The van der Waals surface area contributed by atoms with E-state index >= 15 is 0 Å². The van der Waals surface area contributed by atoms with Crippen molar-refractivity contribution in [3.63, 3.8) is 0 Å². The number of hydrogen-bond acceptors (Lipinski definition) is 3. The second kappa shape index (κ2) is 6.85. The molecule has 116 valence electrons. The molecule has 0 aliphatic heterocycles. The summed E-state index contributed by atoms with van der Waals surface area (Å²) in [5, 5.41) is 13.2. The fraction of sp³-hybridized carbons (Fsp3) is 0.235. The van der Waals surface area contributed by atoms with Crippen molar-refractivity contribution in [2.75, 3.05) is 12.8 Å². The minimum Gasteiger partial charge on any atom is -0.384 e. The number of amides is 1. The van der Waals surface area contributed by atoms with Gasteiger partial charge in [0.25, 0.3) is 5.91 Å². The largest absolute Gasteiger partial charge is 0.384 e. The molecule has 0 aliphatic carbocycles. The van der Waals surface area contributed by atoms with Gasteiger partial charge in [-0.3, -0.25) is 9.00 Å². The van der Waals surface area contributed by atoms with Crippen molar-refractivity contribution in [2.24, 2.45) is 0 Å². The molecule has 0 saturated heterocycles. The quantitative estimate of drug-likeness (QED) is 0.887. The number of rotatable bonds is 5. The van der Waals surface area contributed by atoms with Gasteiger partial charge in [0, 0.05) is 27.5 Å². The zero-order valence-corrected chi connectivity index (χ0v) is 13.4. The summed E-state index contributed by atoms with van der Waals surface area (Å²) in [6.07, 6.45) is 1.59. The Bertz CT molecular complexity index is 666. The Morgan fingerprint density at radius 1 is 1.14 bits per heavy atom. The van der Waals surface area contributed by atoms with E-state index in [0.717, 1.165) is 5.56 Å². The maximum atomic E-state index is 12.1. The van der Waals surface area contributed by atoms with Crippen molar-refractivity contribution in [3.8, 4) is 0 Å². The van der Waals surface area contributed by atoms with Crippen molar-refractivity contribution in [2.45, 2.75) is 17.4 Å². The van der Waals surface area contributed by atoms with Crippen LogP contribution in [0.15, 0.2) is 59.5 Å². The molecule has 0 aromatic heterocycles. The summed E-state index contributed by atoms with van der Waals surface area (Å²) in [7, 11) is -1.06. The van der Waals surface area contributed by atoms with Crippen LogP contribution in [-0.2, 0) is 16.4 Å². The Morgan fingerprint density at radius 3 is 2.27 bits per heavy atom. The SMILES string of the molecule is CS(=O)c1ccc(C(=O)NCC(C)(O)c2ccccc2)cc1. The van der Waals surface area contributed by atoms with Gasteiger partial charge in [0.05, 0.1) is 6.54 Å². The standard InChI is InChI=1S/C17H19NO3S/c1-17(20,14-6-4-3-5-7-14)12-18-16(19)13-8-10-15(11-9-13)22(2)21/h3-11,20H,12H2,1-2H3,(H,18,19). The molecule has 0 saturated carbocycles. The predicted octanol–water partition coefficient (Wildman–Crippen LogP) is 2.06. The molecule has 5 heteroatoms. The highest BCUT2D eigenvalue weighted by atomic mass is 32.2. The first-order valence-electron chi connectivity index (χ1n) is 6.90. The summed E-state index contributed by atoms with van der Waals surface area (Å²) >= 11 is 0. The van der Waals surface area contributed by atoms with Crippen LogP contribution in [0.1, 0.15) is 22.8 Å². The average molecular weight is 317 g/mol. The summed E-state index contributed by atoms with van der Waals surface area (Å²) in [5.41, 5.74) is 0.0759. The molecule has 2 aromatic rings. The molecule has 2 unspecified atom stereocenters. The average Bonchev–Trinajstić information content (AvgIpc) is 2.53. The Kier molecular flexibility index (Phi) is 5.11. The van der Waals surface area contributed by atoms with Crippen LogP contribution in [0.5, 0.6) is 0 Å². The second-order valence-corrected chi connectivity index (χ2v) is 6.68. The highest BCUT2D eigenvalue weighted by molar-refractivity contribution is 7.84. The van der Waals surface area contributed by atoms with E-state index in [-0.39, 0.29) is 12.5 Å². The van der Waals surface area contributed by atoms with Gasteiger partial charge in [-0.15, -0.1) is 0 Å². The Morgan fingerprint density at radius 2 is 1.73 bits per heavy atom. The van der Waals surface area contributed by atoms with E-state index in [9.17, 15) is 14.1 Å². The number of hydrogen-bond donors (Lipinski definition) is 2. The van der Waals surface area contributed by atoms with Crippen LogP contribution in [0.25, 0.3) is 0 Å². The zero-order chi connectivity index (χ0) is 16.2. The molecule has 0 radical (unpaired) electrons. The molecule has 2 atom stereocenters. The molecule has 2 rings (SSSR count). The van der Waals surface area contributed by atoms with Gasteiger partial charge in [0.15, 0.2) is 0 Å². The van der Waals surface area contributed by atoms with E-state index in [1.54, 1.807) is 37.4 Å². The third-order valence-corrected chi connectivity index (χ3v) is 4.37. The topological polar surface area (TPSA) is 66.4 Å². The highest BCUT2D eigenvalue weighted by Gasteiger charge is 2.23. The van der Waals surface area contributed by atoms with Crippen LogP contribution in [0, 0.1) is 0 Å². The predicted molar refractivity (Wildman–Crippen MR) is 87.1 cm³/mol. The molecule has 0 fully saturated rings. The summed E-state index contributed by atoms with van der Waals surface area (Å²) in [5.74, 6) is -0.273. The highest BCUT2D eigenvalue weighted by Crippen LogP contribution is 2.19. The van der Waals surface area contributed by atoms with Crippen molar-refractivity contribution in [1.82, 2.24) is 5.32 Å². The second-order valence-electron chi connectivity index (χ2n) is 5.30. The molecule has 1 amide bonds. The summed E-state index contributed by atoms with van der Waals surface area (Å²) in [4.78, 5) is 12.8. The molecule has 0 heterocycles. The van der Waals surface area contributed by atoms with Gasteiger partial charge in [-0.25, -0.2) is 0 Å². The monoisotopic (exact) mass is 317 g/mol. The third kappa shape index (κ3) is 4.02. The van der Waals surface area contributed by atoms with E-state index < -0.39 is 16.4 Å². The molecule has 2 N–H and O–H groups in total. The smallest absolute Gasteiger partial charge is 0.251 e. The minimum atomic E-state index is -1.14. The number of aliphatic hydroxyl groups is 1. The molecular weight excluding hydrogens is 298 g/mol. The fourth-order valence-corrected chi connectivity index (χ4v) is 2.57. The van der Waals surface area contributed by atoms with Crippen LogP contribution in [0.2, 0.25) is 0 Å². The summed E-state index contributed by atoms with van der Waals surface area (Å²) in [6, 6.07) is 15.8. The van der Waals surface area contributed by atoms with Crippen molar-refractivity contribution in [1.29, 1.82) is 0 Å². The van der Waals surface area contributed by atoms with Crippen LogP contribution in [0.3, 0.4) is 0 Å². The molecule has 0 spiro atoms.